The highest BCUT2D eigenvalue weighted by Gasteiger charge is 2.39. The summed E-state index contributed by atoms with van der Waals surface area (Å²) < 4.78 is 20.5. The summed E-state index contributed by atoms with van der Waals surface area (Å²) in [7, 11) is 0. The van der Waals surface area contributed by atoms with Crippen LogP contribution in [-0.4, -0.2) is 43.5 Å². The zero-order valence-electron chi connectivity index (χ0n) is 18.7. The minimum atomic E-state index is -0.426. The van der Waals surface area contributed by atoms with Crippen LogP contribution >= 0.6 is 11.6 Å². The molecule has 3 atom stereocenters. The molecule has 0 bridgehead atoms. The van der Waals surface area contributed by atoms with Gasteiger partial charge in [0.2, 0.25) is 5.28 Å². The summed E-state index contributed by atoms with van der Waals surface area (Å²) >= 11 is 6.04. The Bertz CT molecular complexity index is 1280. The van der Waals surface area contributed by atoms with Gasteiger partial charge in [0.05, 0.1) is 6.33 Å². The van der Waals surface area contributed by atoms with Crippen LogP contribution in [0.3, 0.4) is 0 Å². The Balaban J connectivity index is 1.40. The molecule has 0 radical (unpaired) electrons. The Morgan fingerprint density at radius 2 is 1.74 bits per heavy atom. The maximum Gasteiger partial charge on any atom is 0.226 e. The van der Waals surface area contributed by atoms with E-state index in [9.17, 15) is 5.21 Å². The SMILES string of the molecule is Cc1ccc(OCC2OC(n3cnc4c(NO)nc(Cl)nc43)CC2Oc2ccc(C)cc2)cc1. The molecular formula is C24H24ClN5O4. The molecule has 2 aromatic carbocycles. The van der Waals surface area contributed by atoms with E-state index in [1.54, 1.807) is 10.9 Å². The van der Waals surface area contributed by atoms with Crippen LogP contribution in [0.4, 0.5) is 5.82 Å². The average Bonchev–Trinajstić information content (AvgIpc) is 3.43. The number of imidazole rings is 1. The minimum absolute atomic E-state index is 0.0180. The second-order valence-electron chi connectivity index (χ2n) is 8.24. The van der Waals surface area contributed by atoms with Gasteiger partial charge >= 0.3 is 0 Å². The van der Waals surface area contributed by atoms with Crippen LogP contribution in [0.25, 0.3) is 11.2 Å². The highest BCUT2D eigenvalue weighted by atomic mass is 35.5. The molecule has 2 N–H and O–H groups in total. The topological polar surface area (TPSA) is 104 Å². The summed E-state index contributed by atoms with van der Waals surface area (Å²) in [5.74, 6) is 1.64. The number of benzene rings is 2. The Morgan fingerprint density at radius 3 is 2.41 bits per heavy atom. The first kappa shape index (κ1) is 22.4. The first-order valence-electron chi connectivity index (χ1n) is 10.9. The summed E-state index contributed by atoms with van der Waals surface area (Å²) in [4.78, 5) is 12.6. The maximum atomic E-state index is 9.38. The summed E-state index contributed by atoms with van der Waals surface area (Å²) in [6.07, 6.45) is 1.07. The lowest BCUT2D eigenvalue weighted by atomic mass is 10.1. The number of rotatable bonds is 7. The predicted octanol–water partition coefficient (Wildman–Crippen LogP) is 4.71. The molecule has 1 aliphatic heterocycles. The molecule has 176 valence electrons. The van der Waals surface area contributed by atoms with Gasteiger partial charge in [-0.2, -0.15) is 9.97 Å². The number of ether oxygens (including phenoxy) is 3. The van der Waals surface area contributed by atoms with Gasteiger partial charge in [-0.1, -0.05) is 35.4 Å². The molecule has 1 fully saturated rings. The van der Waals surface area contributed by atoms with Crippen LogP contribution in [0, 0.1) is 13.8 Å². The van der Waals surface area contributed by atoms with Gasteiger partial charge in [0.15, 0.2) is 17.0 Å². The number of nitrogens with zero attached hydrogens (tertiary/aromatic N) is 4. The smallest absolute Gasteiger partial charge is 0.226 e. The van der Waals surface area contributed by atoms with Crippen molar-refractivity contribution in [2.45, 2.75) is 38.7 Å². The van der Waals surface area contributed by atoms with Crippen molar-refractivity contribution in [1.82, 2.24) is 19.5 Å². The van der Waals surface area contributed by atoms with E-state index in [-0.39, 0.29) is 23.3 Å². The summed E-state index contributed by atoms with van der Waals surface area (Å²) in [5.41, 5.74) is 5.15. The molecule has 0 saturated carbocycles. The molecule has 0 aliphatic carbocycles. The van der Waals surface area contributed by atoms with Crippen molar-refractivity contribution in [2.24, 2.45) is 0 Å². The normalized spacial score (nSPS) is 19.9. The number of aromatic nitrogens is 4. The van der Waals surface area contributed by atoms with Crippen molar-refractivity contribution >= 4 is 28.6 Å². The van der Waals surface area contributed by atoms with Gasteiger partial charge in [-0.15, -0.1) is 0 Å². The zero-order valence-corrected chi connectivity index (χ0v) is 19.4. The van der Waals surface area contributed by atoms with Gasteiger partial charge in [0.1, 0.15) is 36.5 Å². The van der Waals surface area contributed by atoms with Crippen LogP contribution in [0.5, 0.6) is 11.5 Å². The fourth-order valence-corrected chi connectivity index (χ4v) is 4.09. The molecule has 3 heterocycles. The Hall–Kier alpha value is -3.40. The average molecular weight is 482 g/mol. The molecule has 1 aliphatic rings. The third-order valence-corrected chi connectivity index (χ3v) is 5.90. The summed E-state index contributed by atoms with van der Waals surface area (Å²) in [5, 5.41) is 9.36. The molecule has 2 aromatic heterocycles. The van der Waals surface area contributed by atoms with Crippen LogP contribution in [0.1, 0.15) is 23.8 Å². The van der Waals surface area contributed by atoms with E-state index >= 15 is 0 Å². The molecule has 34 heavy (non-hydrogen) atoms. The molecule has 9 nitrogen and oxygen atoms in total. The second kappa shape index (κ2) is 9.46. The van der Waals surface area contributed by atoms with Crippen LogP contribution in [0.2, 0.25) is 5.28 Å². The fraction of sp³-hybridized carbons (Fsp3) is 0.292. The van der Waals surface area contributed by atoms with E-state index in [1.807, 2.05) is 67.9 Å². The summed E-state index contributed by atoms with van der Waals surface area (Å²) in [6, 6.07) is 15.8. The highest BCUT2D eigenvalue weighted by Crippen LogP contribution is 2.35. The standard InChI is InChI=1S/C24H24ClN5O4/c1-14-3-7-16(8-4-14)32-12-19-18(33-17-9-5-15(2)6-10-17)11-20(34-19)30-13-26-21-22(29-31)27-24(25)28-23(21)30/h3-10,13,18-20,31H,11-12H2,1-2H3,(H,27,28,29). The molecule has 4 aromatic rings. The Morgan fingerprint density at radius 1 is 1.06 bits per heavy atom. The molecule has 0 spiro atoms. The quantitative estimate of drug-likeness (QED) is 0.289. The maximum absolute atomic E-state index is 9.38. The van der Waals surface area contributed by atoms with E-state index in [2.05, 4.69) is 15.0 Å². The van der Waals surface area contributed by atoms with Crippen molar-refractivity contribution < 1.29 is 19.4 Å². The molecule has 5 rings (SSSR count). The van der Waals surface area contributed by atoms with E-state index in [0.717, 1.165) is 22.6 Å². The molecular weight excluding hydrogens is 458 g/mol. The van der Waals surface area contributed by atoms with Crippen molar-refractivity contribution in [3.05, 3.63) is 71.3 Å². The molecule has 1 saturated heterocycles. The lowest BCUT2D eigenvalue weighted by molar-refractivity contribution is -0.0341. The lowest BCUT2D eigenvalue weighted by Gasteiger charge is -2.20. The highest BCUT2D eigenvalue weighted by molar-refractivity contribution is 6.28. The third-order valence-electron chi connectivity index (χ3n) is 5.73. The first-order valence-corrected chi connectivity index (χ1v) is 11.3. The van der Waals surface area contributed by atoms with Gasteiger partial charge in [-0.3, -0.25) is 15.3 Å². The largest absolute Gasteiger partial charge is 0.491 e. The number of aryl methyl sites for hydroxylation is 2. The fourth-order valence-electron chi connectivity index (χ4n) is 3.93. The first-order chi connectivity index (χ1) is 16.5. The second-order valence-corrected chi connectivity index (χ2v) is 8.57. The van der Waals surface area contributed by atoms with E-state index in [4.69, 9.17) is 25.8 Å². The van der Waals surface area contributed by atoms with Crippen molar-refractivity contribution in [1.29, 1.82) is 0 Å². The zero-order chi connectivity index (χ0) is 23.7. The van der Waals surface area contributed by atoms with Gasteiger partial charge < -0.3 is 14.2 Å². The van der Waals surface area contributed by atoms with Crippen LogP contribution < -0.4 is 15.0 Å². The van der Waals surface area contributed by atoms with Crippen molar-refractivity contribution in [3.63, 3.8) is 0 Å². The number of hydrogen-bond donors (Lipinski definition) is 2. The molecule has 0 amide bonds. The number of fused-ring (bicyclic) bond motifs is 1. The van der Waals surface area contributed by atoms with Gasteiger partial charge in [0, 0.05) is 6.42 Å². The van der Waals surface area contributed by atoms with Gasteiger partial charge in [-0.05, 0) is 49.7 Å². The van der Waals surface area contributed by atoms with Gasteiger partial charge in [-0.25, -0.2) is 4.98 Å². The predicted molar refractivity (Wildman–Crippen MR) is 127 cm³/mol. The van der Waals surface area contributed by atoms with Gasteiger partial charge in [0.25, 0.3) is 0 Å². The summed E-state index contributed by atoms with van der Waals surface area (Å²) in [6.45, 7) is 4.37. The van der Waals surface area contributed by atoms with E-state index in [1.165, 1.54) is 0 Å². The van der Waals surface area contributed by atoms with Crippen LogP contribution in [0.15, 0.2) is 54.9 Å². The third kappa shape index (κ3) is 4.63. The van der Waals surface area contributed by atoms with E-state index < -0.39 is 6.23 Å². The number of halogens is 1. The monoisotopic (exact) mass is 481 g/mol. The number of nitrogens with one attached hydrogen (secondary N) is 1. The van der Waals surface area contributed by atoms with Crippen molar-refractivity contribution in [2.75, 3.05) is 12.1 Å². The molecule has 3 unspecified atom stereocenters. The number of hydrogen-bond acceptors (Lipinski definition) is 8. The minimum Gasteiger partial charge on any atom is -0.491 e. The molecule has 10 heteroatoms. The van der Waals surface area contributed by atoms with E-state index in [0.29, 0.717) is 24.2 Å². The lowest BCUT2D eigenvalue weighted by Crippen LogP contribution is -2.32. The van der Waals surface area contributed by atoms with Crippen LogP contribution in [-0.2, 0) is 4.74 Å². The van der Waals surface area contributed by atoms with Crippen molar-refractivity contribution in [3.8, 4) is 11.5 Å². The Labute approximate surface area is 201 Å². The number of anilines is 1. The Kier molecular flexibility index (Phi) is 6.23.